The minimum Gasteiger partial charge on any atom is -0.566 e. The van der Waals surface area contributed by atoms with Crippen LogP contribution in [0.15, 0.2) is 0 Å². The number of aliphatic hydroxyl groups excluding tert-OH is 1. The molecule has 0 spiro atoms. The summed E-state index contributed by atoms with van der Waals surface area (Å²) in [5, 5.41) is 8.02. The Bertz CT molecular complexity index is 26.4. The fourth-order valence-electron chi connectivity index (χ4n) is 0. The quantitative estimate of drug-likeness (QED) is 0.720. The van der Waals surface area contributed by atoms with Crippen molar-refractivity contribution in [3.8, 4) is 0 Å². The molecule has 0 saturated carbocycles. The maximum atomic E-state index is 8.02. The Labute approximate surface area is 61.8 Å². The van der Waals surface area contributed by atoms with Crippen molar-refractivity contribution in [1.82, 2.24) is 0 Å². The molecule has 0 aromatic rings. The summed E-state index contributed by atoms with van der Waals surface area (Å²) in [6, 6.07) is 0. The Morgan fingerprint density at radius 2 is 1.86 bits per heavy atom. The third-order valence-electron chi connectivity index (χ3n) is 0.298. The monoisotopic (exact) mass is 273 g/mol. The molecule has 0 atom stereocenters. The van der Waals surface area contributed by atoms with Crippen LogP contribution in [-0.4, -0.2) is 5.11 Å². The van der Waals surface area contributed by atoms with E-state index in [1.165, 1.54) is 6.61 Å². The summed E-state index contributed by atoms with van der Waals surface area (Å²) < 4.78 is 5.50. The predicted octanol–water partition coefficient (Wildman–Crippen LogP) is 1.62. The zero-order valence-corrected chi connectivity index (χ0v) is 7.65. The summed E-state index contributed by atoms with van der Waals surface area (Å²) in [5.41, 5.74) is 0. The number of rotatable bonds is 1. The molecule has 7 heavy (non-hydrogen) atoms. The molecular weight excluding hydrogens is 260 g/mol. The van der Waals surface area contributed by atoms with Crippen molar-refractivity contribution < 1.29 is 27.5 Å². The van der Waals surface area contributed by atoms with Crippen LogP contribution in [0.1, 0.15) is 15.2 Å². The molecule has 1 nitrogen and oxygen atoms in total. The molecule has 0 aromatic heterocycles. The zero-order valence-electron chi connectivity index (χ0n) is 5.72. The van der Waals surface area contributed by atoms with E-state index in [9.17, 15) is 0 Å². The average molecular weight is 273 g/mol. The summed E-state index contributed by atoms with van der Waals surface area (Å²) in [6.07, 6.45) is 0. The van der Waals surface area contributed by atoms with E-state index in [0.717, 1.165) is 0 Å². The van der Waals surface area contributed by atoms with E-state index in [4.69, 9.17) is 6.48 Å². The van der Waals surface area contributed by atoms with Gasteiger partial charge in [-0.25, -0.2) is 7.98 Å². The molecular formula is C5H12OW. The molecule has 0 amide bonds. The van der Waals surface area contributed by atoms with Crippen molar-refractivity contribution in [1.29, 1.82) is 0 Å². The van der Waals surface area contributed by atoms with E-state index in [2.05, 4.69) is 7.40 Å². The van der Waals surface area contributed by atoms with Gasteiger partial charge in [0.15, 0.2) is 0 Å². The van der Waals surface area contributed by atoms with Gasteiger partial charge in [-0.3, -0.25) is 0 Å². The minimum atomic E-state index is 0. The van der Waals surface area contributed by atoms with Gasteiger partial charge in [0, 0.05) is 0 Å². The molecule has 0 aliphatic rings. The fourth-order valence-corrected chi connectivity index (χ4v) is 0. The summed E-state index contributed by atoms with van der Waals surface area (Å²) in [4.78, 5) is 0. The first-order valence-electron chi connectivity index (χ1n) is 2.45. The normalized spacial score (nSPS) is 7.86. The molecule has 44 valence electrons. The van der Waals surface area contributed by atoms with Crippen LogP contribution in [0.2, 0.25) is 0 Å². The largest absolute Gasteiger partial charge is 2.00 e. The van der Waals surface area contributed by atoms with E-state index in [1.54, 1.807) is 0 Å². The SMILES string of the molecule is CC(C)[CH-]O.[2H][CH2-].[W+2]. The van der Waals surface area contributed by atoms with Crippen LogP contribution in [-0.2, 0) is 21.1 Å². The van der Waals surface area contributed by atoms with Gasteiger partial charge in [-0.05, 0) is 0 Å². The Balaban J connectivity index is -0.0000000750. The van der Waals surface area contributed by atoms with Crippen LogP contribution in [0.4, 0.5) is 0 Å². The summed E-state index contributed by atoms with van der Waals surface area (Å²) in [6.45, 7) is 5.00. The molecule has 2 heteroatoms. The Hall–Kier alpha value is 0.648. The molecule has 0 fully saturated rings. The number of hydrogen-bond donors (Lipinski definition) is 1. The molecule has 0 saturated heterocycles. The first-order valence-corrected chi connectivity index (χ1v) is 1.75. The maximum absolute atomic E-state index is 8.02. The van der Waals surface area contributed by atoms with Gasteiger partial charge in [-0.2, -0.15) is 5.92 Å². The van der Waals surface area contributed by atoms with Crippen molar-refractivity contribution in [3.63, 3.8) is 0 Å². The summed E-state index contributed by atoms with van der Waals surface area (Å²) >= 11 is 0. The minimum absolute atomic E-state index is 0. The van der Waals surface area contributed by atoms with Crippen LogP contribution < -0.4 is 0 Å². The Morgan fingerprint density at radius 1 is 1.71 bits per heavy atom. The molecule has 0 aliphatic carbocycles. The van der Waals surface area contributed by atoms with Gasteiger partial charge in [-0.1, -0.05) is 13.8 Å². The second kappa shape index (κ2) is 9.82. The van der Waals surface area contributed by atoms with Crippen LogP contribution in [0, 0.1) is 19.9 Å². The summed E-state index contributed by atoms with van der Waals surface area (Å²) in [5.74, 6) is 0.315. The van der Waals surface area contributed by atoms with Crippen molar-refractivity contribution in [2.24, 2.45) is 5.92 Å². The molecule has 0 unspecified atom stereocenters. The van der Waals surface area contributed by atoms with Gasteiger partial charge in [0.25, 0.3) is 0 Å². The van der Waals surface area contributed by atoms with Crippen LogP contribution in [0.3, 0.4) is 0 Å². The molecule has 0 aliphatic heterocycles. The molecule has 0 rings (SSSR count). The Morgan fingerprint density at radius 3 is 1.86 bits per heavy atom. The Kier molecular flexibility index (Phi) is 14.9. The van der Waals surface area contributed by atoms with Crippen molar-refractivity contribution in [3.05, 3.63) is 14.0 Å². The fraction of sp³-hybridized carbons (Fsp3) is 0.600. The smallest absolute Gasteiger partial charge is 0.566 e. The third kappa shape index (κ3) is 20.5. The van der Waals surface area contributed by atoms with Crippen molar-refractivity contribution >= 4 is 0 Å². The van der Waals surface area contributed by atoms with Gasteiger partial charge in [0.2, 0.25) is 0 Å². The second-order valence-electron chi connectivity index (χ2n) is 1.39. The van der Waals surface area contributed by atoms with E-state index in [1.807, 2.05) is 13.8 Å². The van der Waals surface area contributed by atoms with Crippen LogP contribution in [0.5, 0.6) is 0 Å². The molecule has 0 heterocycles. The summed E-state index contributed by atoms with van der Waals surface area (Å²) in [7, 11) is 2.50. The van der Waals surface area contributed by atoms with E-state index >= 15 is 0 Å². The van der Waals surface area contributed by atoms with Crippen LogP contribution >= 0.6 is 0 Å². The molecule has 0 radical (unpaired) electrons. The van der Waals surface area contributed by atoms with E-state index in [-0.39, 0.29) is 21.1 Å². The van der Waals surface area contributed by atoms with Gasteiger partial charge >= 0.3 is 21.1 Å². The predicted molar refractivity (Wildman–Crippen MR) is 27.5 cm³/mol. The van der Waals surface area contributed by atoms with Gasteiger partial charge in [-0.15, -0.1) is 0 Å². The van der Waals surface area contributed by atoms with E-state index in [0.29, 0.717) is 5.92 Å². The second-order valence-corrected chi connectivity index (χ2v) is 1.39. The number of hydrogen-bond acceptors (Lipinski definition) is 1. The standard InChI is InChI=1S/C4H9O.CH3.W/c1-4(2)3-5;;/h3-5H,1-2H3;1H3;/q2*-1;+2/i;1D;. The molecule has 0 aromatic carbocycles. The van der Waals surface area contributed by atoms with Gasteiger partial charge in [0.05, 0.1) is 0 Å². The molecule has 1 N–H and O–H groups in total. The first-order chi connectivity index (χ1) is 3.27. The van der Waals surface area contributed by atoms with Crippen molar-refractivity contribution in [2.75, 3.05) is 0 Å². The van der Waals surface area contributed by atoms with Gasteiger partial charge in [0.1, 0.15) is 0 Å². The topological polar surface area (TPSA) is 20.2 Å². The molecule has 0 bridgehead atoms. The van der Waals surface area contributed by atoms with Crippen molar-refractivity contribution in [2.45, 2.75) is 13.8 Å². The third-order valence-corrected chi connectivity index (χ3v) is 0.298. The van der Waals surface area contributed by atoms with Gasteiger partial charge < -0.3 is 12.5 Å². The van der Waals surface area contributed by atoms with Crippen LogP contribution in [0.25, 0.3) is 0 Å². The van der Waals surface area contributed by atoms with E-state index < -0.39 is 0 Å². The zero-order chi connectivity index (χ0) is 6.28. The average Bonchev–Trinajstić information content (AvgIpc) is 1.73. The first kappa shape index (κ1) is 10.6. The maximum Gasteiger partial charge on any atom is 2.00 e. The number of aliphatic hydroxyl groups is 1.